The standard InChI is InChI=1S/C16H34O3/c1-9-15(5,6)16(11-17-7,12-18-8)13-19-10-14(2,3)4/h9-13H2,1-8H3. The molecule has 0 radical (unpaired) electrons. The Balaban J connectivity index is 4.91. The molecule has 0 aromatic rings. The molecule has 0 amide bonds. The summed E-state index contributed by atoms with van der Waals surface area (Å²) in [7, 11) is 3.50. The number of ether oxygens (including phenoxy) is 3. The highest BCUT2D eigenvalue weighted by Gasteiger charge is 2.44. The van der Waals surface area contributed by atoms with Crippen molar-refractivity contribution in [2.45, 2.75) is 48.0 Å². The Morgan fingerprint density at radius 2 is 1.21 bits per heavy atom. The molecule has 3 heteroatoms. The highest BCUT2D eigenvalue weighted by molar-refractivity contribution is 4.92. The van der Waals surface area contributed by atoms with Crippen LogP contribution in [-0.2, 0) is 14.2 Å². The molecule has 3 nitrogen and oxygen atoms in total. The average Bonchev–Trinajstić information content (AvgIpc) is 2.27. The van der Waals surface area contributed by atoms with Gasteiger partial charge in [-0.25, -0.2) is 0 Å². The van der Waals surface area contributed by atoms with Crippen LogP contribution in [0.15, 0.2) is 0 Å². The maximum atomic E-state index is 6.00. The van der Waals surface area contributed by atoms with E-state index in [9.17, 15) is 0 Å². The Kier molecular flexibility index (Phi) is 7.56. The van der Waals surface area contributed by atoms with Crippen LogP contribution >= 0.6 is 0 Å². The minimum Gasteiger partial charge on any atom is -0.384 e. The molecule has 0 aliphatic heterocycles. The quantitative estimate of drug-likeness (QED) is 0.640. The van der Waals surface area contributed by atoms with Crippen molar-refractivity contribution < 1.29 is 14.2 Å². The highest BCUT2D eigenvalue weighted by Crippen LogP contribution is 2.43. The molecule has 116 valence electrons. The first-order valence-electron chi connectivity index (χ1n) is 7.20. The first kappa shape index (κ1) is 18.9. The fourth-order valence-electron chi connectivity index (χ4n) is 2.19. The van der Waals surface area contributed by atoms with Crippen LogP contribution in [0.3, 0.4) is 0 Å². The average molecular weight is 274 g/mol. The molecule has 0 saturated heterocycles. The van der Waals surface area contributed by atoms with Crippen LogP contribution in [0.5, 0.6) is 0 Å². The lowest BCUT2D eigenvalue weighted by molar-refractivity contribution is -0.122. The second-order valence-corrected chi connectivity index (χ2v) is 7.44. The molecule has 0 N–H and O–H groups in total. The first-order valence-corrected chi connectivity index (χ1v) is 7.20. The molecule has 0 aromatic carbocycles. The van der Waals surface area contributed by atoms with Crippen LogP contribution < -0.4 is 0 Å². The minimum atomic E-state index is -0.101. The maximum Gasteiger partial charge on any atom is 0.0572 e. The third-order valence-corrected chi connectivity index (χ3v) is 4.07. The summed E-state index contributed by atoms with van der Waals surface area (Å²) in [4.78, 5) is 0. The molecular formula is C16H34O3. The lowest BCUT2D eigenvalue weighted by Crippen LogP contribution is -2.49. The minimum absolute atomic E-state index is 0.101. The van der Waals surface area contributed by atoms with Crippen molar-refractivity contribution in [3.63, 3.8) is 0 Å². The van der Waals surface area contributed by atoms with E-state index in [1.807, 2.05) is 0 Å². The van der Waals surface area contributed by atoms with Crippen LogP contribution in [0.1, 0.15) is 48.0 Å². The van der Waals surface area contributed by atoms with Gasteiger partial charge in [0.1, 0.15) is 0 Å². The van der Waals surface area contributed by atoms with E-state index in [4.69, 9.17) is 14.2 Å². The van der Waals surface area contributed by atoms with E-state index < -0.39 is 0 Å². The van der Waals surface area contributed by atoms with Crippen molar-refractivity contribution >= 4 is 0 Å². The van der Waals surface area contributed by atoms with Gasteiger partial charge >= 0.3 is 0 Å². The molecule has 0 unspecified atom stereocenters. The molecule has 0 atom stereocenters. The fourth-order valence-corrected chi connectivity index (χ4v) is 2.19. The molecule has 0 spiro atoms. The van der Waals surface area contributed by atoms with E-state index in [0.29, 0.717) is 19.8 Å². The van der Waals surface area contributed by atoms with Crippen molar-refractivity contribution in [3.05, 3.63) is 0 Å². The van der Waals surface area contributed by atoms with Gasteiger partial charge in [-0.2, -0.15) is 0 Å². The van der Waals surface area contributed by atoms with Gasteiger partial charge in [0.05, 0.1) is 26.4 Å². The molecule has 19 heavy (non-hydrogen) atoms. The summed E-state index contributed by atoms with van der Waals surface area (Å²) in [6.45, 7) is 16.1. The van der Waals surface area contributed by atoms with Gasteiger partial charge in [0, 0.05) is 19.6 Å². The van der Waals surface area contributed by atoms with E-state index >= 15 is 0 Å². The number of methoxy groups -OCH3 is 2. The van der Waals surface area contributed by atoms with E-state index in [2.05, 4.69) is 41.5 Å². The SMILES string of the molecule is CCC(C)(C)C(COC)(COC)COCC(C)(C)C. The largest absolute Gasteiger partial charge is 0.384 e. The van der Waals surface area contributed by atoms with Crippen LogP contribution in [0.4, 0.5) is 0 Å². The molecule has 0 aliphatic rings. The predicted octanol–water partition coefficient (Wildman–Crippen LogP) is 3.76. The van der Waals surface area contributed by atoms with Crippen molar-refractivity contribution in [3.8, 4) is 0 Å². The lowest BCUT2D eigenvalue weighted by Gasteiger charge is -2.45. The highest BCUT2D eigenvalue weighted by atomic mass is 16.5. The maximum absolute atomic E-state index is 6.00. The van der Waals surface area contributed by atoms with Crippen molar-refractivity contribution in [2.75, 3.05) is 40.6 Å². The van der Waals surface area contributed by atoms with E-state index in [1.54, 1.807) is 14.2 Å². The second-order valence-electron chi connectivity index (χ2n) is 7.44. The molecule has 0 fully saturated rings. The molecule has 0 bridgehead atoms. The molecular weight excluding hydrogens is 240 g/mol. The van der Waals surface area contributed by atoms with Gasteiger partial charge in [-0.15, -0.1) is 0 Å². The number of hydrogen-bond acceptors (Lipinski definition) is 3. The van der Waals surface area contributed by atoms with Crippen LogP contribution in [0.25, 0.3) is 0 Å². The van der Waals surface area contributed by atoms with Gasteiger partial charge < -0.3 is 14.2 Å². The molecule has 0 heterocycles. The van der Waals surface area contributed by atoms with Gasteiger partial charge in [-0.05, 0) is 10.8 Å². The number of hydrogen-bond donors (Lipinski definition) is 0. The monoisotopic (exact) mass is 274 g/mol. The summed E-state index contributed by atoms with van der Waals surface area (Å²) in [6, 6.07) is 0. The second kappa shape index (κ2) is 7.61. The smallest absolute Gasteiger partial charge is 0.0572 e. The summed E-state index contributed by atoms with van der Waals surface area (Å²) < 4.78 is 16.9. The molecule has 0 saturated carbocycles. The summed E-state index contributed by atoms with van der Waals surface area (Å²) in [6.07, 6.45) is 1.07. The third-order valence-electron chi connectivity index (χ3n) is 4.07. The Labute approximate surface area is 120 Å². The van der Waals surface area contributed by atoms with Gasteiger partial charge in [0.2, 0.25) is 0 Å². The van der Waals surface area contributed by atoms with Crippen molar-refractivity contribution in [2.24, 2.45) is 16.2 Å². The summed E-state index contributed by atoms with van der Waals surface area (Å²) in [5, 5.41) is 0. The van der Waals surface area contributed by atoms with Gasteiger partial charge in [0.15, 0.2) is 0 Å². The van der Waals surface area contributed by atoms with Crippen molar-refractivity contribution in [1.82, 2.24) is 0 Å². The van der Waals surface area contributed by atoms with E-state index in [1.165, 1.54) is 0 Å². The molecule has 0 rings (SSSR count). The van der Waals surface area contributed by atoms with E-state index in [0.717, 1.165) is 13.0 Å². The summed E-state index contributed by atoms with van der Waals surface area (Å²) >= 11 is 0. The summed E-state index contributed by atoms with van der Waals surface area (Å²) in [5.41, 5.74) is 0.190. The third kappa shape index (κ3) is 5.80. The van der Waals surface area contributed by atoms with Crippen LogP contribution in [-0.4, -0.2) is 40.6 Å². The summed E-state index contributed by atoms with van der Waals surface area (Å²) in [5.74, 6) is 0. The predicted molar refractivity (Wildman–Crippen MR) is 80.5 cm³/mol. The van der Waals surface area contributed by atoms with Crippen LogP contribution in [0.2, 0.25) is 0 Å². The fraction of sp³-hybridized carbons (Fsp3) is 1.00. The number of rotatable bonds is 9. The Morgan fingerprint density at radius 1 is 0.737 bits per heavy atom. The zero-order chi connectivity index (χ0) is 15.2. The van der Waals surface area contributed by atoms with Gasteiger partial charge in [-0.1, -0.05) is 48.0 Å². The molecule has 0 aliphatic carbocycles. The Morgan fingerprint density at radius 3 is 1.53 bits per heavy atom. The zero-order valence-electron chi connectivity index (χ0n) is 14.3. The van der Waals surface area contributed by atoms with Gasteiger partial charge in [0.25, 0.3) is 0 Å². The topological polar surface area (TPSA) is 27.7 Å². The van der Waals surface area contributed by atoms with Crippen LogP contribution in [0, 0.1) is 16.2 Å². The van der Waals surface area contributed by atoms with Gasteiger partial charge in [-0.3, -0.25) is 0 Å². The Hall–Kier alpha value is -0.120. The zero-order valence-corrected chi connectivity index (χ0v) is 14.3. The van der Waals surface area contributed by atoms with Crippen molar-refractivity contribution in [1.29, 1.82) is 0 Å². The normalized spacial score (nSPS) is 13.9. The lowest BCUT2D eigenvalue weighted by atomic mass is 9.65. The van der Waals surface area contributed by atoms with E-state index in [-0.39, 0.29) is 16.2 Å². The first-order chi connectivity index (χ1) is 8.64. The Bertz CT molecular complexity index is 235. The molecule has 0 aromatic heterocycles.